The first-order chi connectivity index (χ1) is 9.52. The molecule has 1 amide bonds. The van der Waals surface area contributed by atoms with Crippen LogP contribution in [0.3, 0.4) is 0 Å². The van der Waals surface area contributed by atoms with Crippen molar-refractivity contribution in [1.82, 2.24) is 5.32 Å². The molecule has 0 bridgehead atoms. The number of hydrogen-bond donors (Lipinski definition) is 1. The lowest BCUT2D eigenvalue weighted by Gasteiger charge is -2.15. The zero-order valence-corrected chi connectivity index (χ0v) is 12.8. The number of ketones is 1. The fraction of sp³-hybridized carbons (Fsp3) is 0.600. The van der Waals surface area contributed by atoms with Crippen LogP contribution < -0.4 is 5.32 Å². The van der Waals surface area contributed by atoms with E-state index in [1.54, 1.807) is 12.2 Å². The van der Waals surface area contributed by atoms with Gasteiger partial charge in [0.05, 0.1) is 6.61 Å². The van der Waals surface area contributed by atoms with Crippen LogP contribution in [0.4, 0.5) is 4.79 Å². The Morgan fingerprint density at radius 1 is 1.55 bits per heavy atom. The molecular weight excluding hydrogens is 278 g/mol. The smallest absolute Gasteiger partial charge is 0.407 e. The van der Waals surface area contributed by atoms with E-state index >= 15 is 0 Å². The molecule has 0 fully saturated rings. The van der Waals surface area contributed by atoms with E-state index in [2.05, 4.69) is 5.32 Å². The number of alkyl halides is 1. The van der Waals surface area contributed by atoms with Crippen LogP contribution in [0.25, 0.3) is 0 Å². The molecule has 1 rings (SSSR count). The maximum Gasteiger partial charge on any atom is 0.407 e. The number of allylic oxidation sites excluding steroid dienone is 4. The van der Waals surface area contributed by atoms with Gasteiger partial charge in [-0.3, -0.25) is 4.79 Å². The second-order valence-corrected chi connectivity index (χ2v) is 5.43. The lowest BCUT2D eigenvalue weighted by Crippen LogP contribution is -2.33. The normalized spacial score (nSPS) is 19.4. The van der Waals surface area contributed by atoms with Gasteiger partial charge in [-0.15, -0.1) is 11.6 Å². The monoisotopic (exact) mass is 299 g/mol. The lowest BCUT2D eigenvalue weighted by atomic mass is 10.00. The number of amides is 1. The molecule has 0 aromatic rings. The summed E-state index contributed by atoms with van der Waals surface area (Å²) in [5.41, 5.74) is 0.944. The largest absolute Gasteiger partial charge is 0.450 e. The highest BCUT2D eigenvalue weighted by molar-refractivity contribution is 6.34. The zero-order valence-electron chi connectivity index (χ0n) is 12.0. The Bertz CT molecular complexity index is 404. The molecule has 0 aromatic carbocycles. The third-order valence-corrected chi connectivity index (χ3v) is 3.40. The van der Waals surface area contributed by atoms with Gasteiger partial charge in [0.25, 0.3) is 0 Å². The van der Waals surface area contributed by atoms with Gasteiger partial charge < -0.3 is 10.1 Å². The van der Waals surface area contributed by atoms with Crippen molar-refractivity contribution in [3.63, 3.8) is 0 Å². The number of rotatable bonds is 7. The van der Waals surface area contributed by atoms with Crippen molar-refractivity contribution in [1.29, 1.82) is 0 Å². The SMILES string of the molecule is CCCCOC(=O)NC(C)CCC1=CC(=O)C(Cl)C=C1. The molecule has 5 heteroatoms. The van der Waals surface area contributed by atoms with Crippen LogP contribution in [0.5, 0.6) is 0 Å². The van der Waals surface area contributed by atoms with Gasteiger partial charge in [-0.2, -0.15) is 0 Å². The third kappa shape index (κ3) is 6.24. The summed E-state index contributed by atoms with van der Waals surface area (Å²) in [6, 6.07) is 0.00209. The van der Waals surface area contributed by atoms with Gasteiger partial charge >= 0.3 is 6.09 Å². The molecule has 0 aromatic heterocycles. The number of ether oxygens (including phenoxy) is 1. The minimum absolute atomic E-state index is 0.00209. The van der Waals surface area contributed by atoms with Gasteiger partial charge in [0, 0.05) is 6.04 Å². The number of alkyl carbamates (subject to hydrolysis) is 1. The van der Waals surface area contributed by atoms with Gasteiger partial charge in [-0.05, 0) is 37.8 Å². The Morgan fingerprint density at radius 2 is 2.30 bits per heavy atom. The number of nitrogens with one attached hydrogen (secondary N) is 1. The lowest BCUT2D eigenvalue weighted by molar-refractivity contribution is -0.113. The van der Waals surface area contributed by atoms with Crippen molar-refractivity contribution in [3.8, 4) is 0 Å². The predicted molar refractivity (Wildman–Crippen MR) is 80.0 cm³/mol. The van der Waals surface area contributed by atoms with Crippen molar-refractivity contribution in [3.05, 3.63) is 23.8 Å². The molecule has 0 heterocycles. The van der Waals surface area contributed by atoms with Crippen molar-refractivity contribution in [2.45, 2.75) is 50.9 Å². The molecule has 112 valence electrons. The van der Waals surface area contributed by atoms with Crippen molar-refractivity contribution in [2.24, 2.45) is 0 Å². The number of halogens is 1. The summed E-state index contributed by atoms with van der Waals surface area (Å²) in [5, 5.41) is 2.24. The van der Waals surface area contributed by atoms with Crippen LogP contribution >= 0.6 is 11.6 Å². The first-order valence-electron chi connectivity index (χ1n) is 7.03. The minimum atomic E-state index is -0.539. The van der Waals surface area contributed by atoms with Gasteiger partial charge in [0.2, 0.25) is 0 Å². The van der Waals surface area contributed by atoms with E-state index in [1.807, 2.05) is 19.9 Å². The van der Waals surface area contributed by atoms with E-state index in [-0.39, 0.29) is 17.9 Å². The summed E-state index contributed by atoms with van der Waals surface area (Å²) < 4.78 is 5.03. The number of unbranched alkanes of at least 4 members (excludes halogenated alkanes) is 1. The van der Waals surface area contributed by atoms with E-state index in [4.69, 9.17) is 16.3 Å². The summed E-state index contributed by atoms with van der Waals surface area (Å²) in [6.07, 6.45) is 8.10. The van der Waals surface area contributed by atoms with Gasteiger partial charge in [-0.1, -0.05) is 25.5 Å². The average molecular weight is 300 g/mol. The zero-order chi connectivity index (χ0) is 15.0. The van der Waals surface area contributed by atoms with Crippen LogP contribution in [0.2, 0.25) is 0 Å². The van der Waals surface area contributed by atoms with Crippen LogP contribution in [-0.4, -0.2) is 29.9 Å². The Hall–Kier alpha value is -1.29. The highest BCUT2D eigenvalue weighted by atomic mass is 35.5. The van der Waals surface area contributed by atoms with Crippen LogP contribution in [0.15, 0.2) is 23.8 Å². The highest BCUT2D eigenvalue weighted by Crippen LogP contribution is 2.17. The Kier molecular flexibility index (Phi) is 7.37. The molecular formula is C15H22ClNO3. The predicted octanol–water partition coefficient (Wildman–Crippen LogP) is 3.35. The molecule has 0 spiro atoms. The van der Waals surface area contributed by atoms with Crippen LogP contribution in [-0.2, 0) is 9.53 Å². The first-order valence-corrected chi connectivity index (χ1v) is 7.46. The quantitative estimate of drug-likeness (QED) is 0.579. The van der Waals surface area contributed by atoms with Gasteiger partial charge in [0.1, 0.15) is 5.38 Å². The summed E-state index contributed by atoms with van der Waals surface area (Å²) in [4.78, 5) is 22.9. The van der Waals surface area contributed by atoms with E-state index < -0.39 is 5.38 Å². The molecule has 2 unspecified atom stereocenters. The topological polar surface area (TPSA) is 55.4 Å². The summed E-state index contributed by atoms with van der Waals surface area (Å²) in [7, 11) is 0. The molecule has 2 atom stereocenters. The van der Waals surface area contributed by atoms with Gasteiger partial charge in [-0.25, -0.2) is 4.79 Å². The second kappa shape index (κ2) is 8.80. The molecule has 0 saturated heterocycles. The molecule has 4 nitrogen and oxygen atoms in total. The fourth-order valence-corrected chi connectivity index (χ4v) is 1.91. The first kappa shape index (κ1) is 16.8. The van der Waals surface area contributed by atoms with Crippen molar-refractivity contribution >= 4 is 23.5 Å². The van der Waals surface area contributed by atoms with Crippen LogP contribution in [0, 0.1) is 0 Å². The Labute approximate surface area is 125 Å². The molecule has 1 N–H and O–H groups in total. The van der Waals surface area contributed by atoms with Crippen molar-refractivity contribution < 1.29 is 14.3 Å². The maximum atomic E-state index is 11.4. The number of hydrogen-bond acceptors (Lipinski definition) is 3. The molecule has 1 aliphatic carbocycles. The molecule has 0 radical (unpaired) electrons. The van der Waals surface area contributed by atoms with E-state index in [1.165, 1.54) is 0 Å². The van der Waals surface area contributed by atoms with E-state index in [9.17, 15) is 9.59 Å². The Morgan fingerprint density at radius 3 is 2.95 bits per heavy atom. The number of carbonyl (C=O) groups is 2. The number of carbonyl (C=O) groups excluding carboxylic acids is 2. The van der Waals surface area contributed by atoms with Crippen LogP contribution in [0.1, 0.15) is 39.5 Å². The second-order valence-electron chi connectivity index (χ2n) is 4.96. The minimum Gasteiger partial charge on any atom is -0.450 e. The molecule has 0 saturated carbocycles. The summed E-state index contributed by atoms with van der Waals surface area (Å²) >= 11 is 5.77. The van der Waals surface area contributed by atoms with Gasteiger partial charge in [0.15, 0.2) is 5.78 Å². The molecule has 20 heavy (non-hydrogen) atoms. The highest BCUT2D eigenvalue weighted by Gasteiger charge is 2.15. The Balaban J connectivity index is 2.25. The molecule has 0 aliphatic heterocycles. The molecule has 1 aliphatic rings. The standard InChI is InChI=1S/C15H22ClNO3/c1-3-4-9-20-15(19)17-11(2)5-6-12-7-8-13(16)14(18)10-12/h7-8,10-11,13H,3-6,9H2,1-2H3,(H,17,19). The summed E-state index contributed by atoms with van der Waals surface area (Å²) in [6.45, 7) is 4.41. The van der Waals surface area contributed by atoms with E-state index in [0.717, 1.165) is 31.3 Å². The summed E-state index contributed by atoms with van der Waals surface area (Å²) in [5.74, 6) is -0.0799. The average Bonchev–Trinajstić information content (AvgIpc) is 2.40. The third-order valence-electron chi connectivity index (χ3n) is 3.04. The maximum absolute atomic E-state index is 11.4. The fourth-order valence-electron chi connectivity index (χ4n) is 1.78. The van der Waals surface area contributed by atoms with E-state index in [0.29, 0.717) is 6.61 Å². The van der Waals surface area contributed by atoms with Crippen molar-refractivity contribution in [2.75, 3.05) is 6.61 Å².